The molecular weight excluding hydrogens is 248 g/mol. The first-order valence-corrected chi connectivity index (χ1v) is 7.52. The van der Waals surface area contributed by atoms with E-state index < -0.39 is 5.41 Å². The number of likely N-dealkylation sites (N-methyl/N-ethyl adjacent to an activating group) is 1. The van der Waals surface area contributed by atoms with Crippen LogP contribution in [0.4, 0.5) is 0 Å². The zero-order valence-electron chi connectivity index (χ0n) is 13.1. The maximum absolute atomic E-state index is 12.8. The molecule has 2 rings (SSSR count). The lowest BCUT2D eigenvalue weighted by molar-refractivity contribution is -0.135. The SMILES string of the molecule is CCN(C)[C@@H]1CCN(C(=O)C(C)(C)c2ccccc2)C1. The van der Waals surface area contributed by atoms with Gasteiger partial charge in [0, 0.05) is 19.1 Å². The van der Waals surface area contributed by atoms with Crippen LogP contribution in [0.1, 0.15) is 32.8 Å². The molecule has 1 aromatic rings. The van der Waals surface area contributed by atoms with Gasteiger partial charge in [0.15, 0.2) is 0 Å². The Labute approximate surface area is 122 Å². The van der Waals surface area contributed by atoms with Gasteiger partial charge in [-0.2, -0.15) is 0 Å². The highest BCUT2D eigenvalue weighted by molar-refractivity contribution is 5.87. The molecule has 1 aromatic carbocycles. The smallest absolute Gasteiger partial charge is 0.232 e. The Morgan fingerprint density at radius 2 is 2.00 bits per heavy atom. The molecule has 0 saturated carbocycles. The normalized spacial score (nSPS) is 19.6. The van der Waals surface area contributed by atoms with E-state index in [1.54, 1.807) is 0 Å². The molecule has 0 unspecified atom stereocenters. The first kappa shape index (κ1) is 15.0. The van der Waals surface area contributed by atoms with Gasteiger partial charge in [-0.15, -0.1) is 0 Å². The summed E-state index contributed by atoms with van der Waals surface area (Å²) in [6, 6.07) is 10.6. The summed E-state index contributed by atoms with van der Waals surface area (Å²) in [5.41, 5.74) is 0.651. The van der Waals surface area contributed by atoms with Crippen LogP contribution >= 0.6 is 0 Å². The van der Waals surface area contributed by atoms with Crippen molar-refractivity contribution in [2.75, 3.05) is 26.7 Å². The van der Waals surface area contributed by atoms with Crippen molar-refractivity contribution in [3.63, 3.8) is 0 Å². The van der Waals surface area contributed by atoms with Crippen LogP contribution < -0.4 is 0 Å². The first-order chi connectivity index (χ1) is 9.46. The van der Waals surface area contributed by atoms with Crippen LogP contribution in [0.15, 0.2) is 30.3 Å². The second kappa shape index (κ2) is 5.96. The topological polar surface area (TPSA) is 23.6 Å². The van der Waals surface area contributed by atoms with E-state index in [1.807, 2.05) is 49.1 Å². The quantitative estimate of drug-likeness (QED) is 0.842. The third kappa shape index (κ3) is 2.88. The second-order valence-corrected chi connectivity index (χ2v) is 6.26. The van der Waals surface area contributed by atoms with E-state index in [1.165, 1.54) is 0 Å². The van der Waals surface area contributed by atoms with E-state index in [9.17, 15) is 4.79 Å². The number of benzene rings is 1. The van der Waals surface area contributed by atoms with Gasteiger partial charge in [-0.05, 0) is 39.4 Å². The summed E-state index contributed by atoms with van der Waals surface area (Å²) in [7, 11) is 2.14. The molecule has 110 valence electrons. The van der Waals surface area contributed by atoms with Gasteiger partial charge in [-0.3, -0.25) is 4.79 Å². The van der Waals surface area contributed by atoms with Crippen molar-refractivity contribution in [2.24, 2.45) is 0 Å². The van der Waals surface area contributed by atoms with Crippen LogP contribution in [0.5, 0.6) is 0 Å². The molecule has 3 heteroatoms. The van der Waals surface area contributed by atoms with E-state index in [0.29, 0.717) is 6.04 Å². The summed E-state index contributed by atoms with van der Waals surface area (Å²) in [6.07, 6.45) is 1.08. The fourth-order valence-electron chi connectivity index (χ4n) is 2.92. The van der Waals surface area contributed by atoms with Gasteiger partial charge in [-0.1, -0.05) is 37.3 Å². The predicted molar refractivity (Wildman–Crippen MR) is 82.8 cm³/mol. The lowest BCUT2D eigenvalue weighted by Gasteiger charge is -2.30. The number of likely N-dealkylation sites (tertiary alicyclic amines) is 1. The van der Waals surface area contributed by atoms with Crippen LogP contribution in [0, 0.1) is 0 Å². The molecule has 0 spiro atoms. The van der Waals surface area contributed by atoms with Gasteiger partial charge >= 0.3 is 0 Å². The van der Waals surface area contributed by atoms with Crippen molar-refractivity contribution in [1.29, 1.82) is 0 Å². The first-order valence-electron chi connectivity index (χ1n) is 7.52. The van der Waals surface area contributed by atoms with Gasteiger partial charge in [0.1, 0.15) is 0 Å². The van der Waals surface area contributed by atoms with E-state index in [-0.39, 0.29) is 5.91 Å². The molecule has 0 radical (unpaired) electrons. The monoisotopic (exact) mass is 274 g/mol. The minimum Gasteiger partial charge on any atom is -0.340 e. The molecule has 0 bridgehead atoms. The minimum atomic E-state index is -0.444. The maximum Gasteiger partial charge on any atom is 0.232 e. The molecule has 0 aliphatic carbocycles. The highest BCUT2D eigenvalue weighted by atomic mass is 16.2. The second-order valence-electron chi connectivity index (χ2n) is 6.26. The Hall–Kier alpha value is -1.35. The van der Waals surface area contributed by atoms with Gasteiger partial charge in [0.2, 0.25) is 5.91 Å². The van der Waals surface area contributed by atoms with Crippen LogP contribution in [-0.2, 0) is 10.2 Å². The fraction of sp³-hybridized carbons (Fsp3) is 0.588. The predicted octanol–water partition coefficient (Wildman–Crippen LogP) is 2.52. The van der Waals surface area contributed by atoms with Crippen LogP contribution in [0.3, 0.4) is 0 Å². The molecule has 1 fully saturated rings. The van der Waals surface area contributed by atoms with Crippen molar-refractivity contribution in [1.82, 2.24) is 9.80 Å². The van der Waals surface area contributed by atoms with E-state index >= 15 is 0 Å². The number of rotatable bonds is 4. The lowest BCUT2D eigenvalue weighted by Crippen LogP contribution is -2.44. The van der Waals surface area contributed by atoms with E-state index in [0.717, 1.165) is 31.6 Å². The number of amides is 1. The van der Waals surface area contributed by atoms with E-state index in [2.05, 4.69) is 18.9 Å². The number of carbonyl (C=O) groups is 1. The van der Waals surface area contributed by atoms with Gasteiger partial charge in [-0.25, -0.2) is 0 Å². The van der Waals surface area contributed by atoms with E-state index in [4.69, 9.17) is 0 Å². The summed E-state index contributed by atoms with van der Waals surface area (Å²) in [6.45, 7) is 9.00. The zero-order chi connectivity index (χ0) is 14.8. The third-order valence-electron chi connectivity index (χ3n) is 4.60. The highest BCUT2D eigenvalue weighted by Gasteiger charge is 2.37. The van der Waals surface area contributed by atoms with Crippen molar-refractivity contribution in [3.8, 4) is 0 Å². The van der Waals surface area contributed by atoms with Gasteiger partial charge in [0.25, 0.3) is 0 Å². The summed E-state index contributed by atoms with van der Waals surface area (Å²) >= 11 is 0. The Morgan fingerprint density at radius 1 is 1.35 bits per heavy atom. The summed E-state index contributed by atoms with van der Waals surface area (Å²) in [5.74, 6) is 0.246. The van der Waals surface area contributed by atoms with Crippen LogP contribution in [-0.4, -0.2) is 48.4 Å². The maximum atomic E-state index is 12.8. The highest BCUT2D eigenvalue weighted by Crippen LogP contribution is 2.28. The largest absolute Gasteiger partial charge is 0.340 e. The Morgan fingerprint density at radius 3 is 2.60 bits per heavy atom. The summed E-state index contributed by atoms with van der Waals surface area (Å²) in [4.78, 5) is 17.2. The molecule has 0 aromatic heterocycles. The molecule has 1 aliphatic heterocycles. The average molecular weight is 274 g/mol. The third-order valence-corrected chi connectivity index (χ3v) is 4.60. The van der Waals surface area contributed by atoms with Crippen molar-refractivity contribution >= 4 is 5.91 Å². The molecule has 1 atom stereocenters. The minimum absolute atomic E-state index is 0.246. The van der Waals surface area contributed by atoms with Crippen LogP contribution in [0.25, 0.3) is 0 Å². The Bertz CT molecular complexity index is 455. The van der Waals surface area contributed by atoms with Gasteiger partial charge < -0.3 is 9.80 Å². The van der Waals surface area contributed by atoms with Crippen molar-refractivity contribution in [2.45, 2.75) is 38.6 Å². The van der Waals surface area contributed by atoms with Crippen molar-refractivity contribution in [3.05, 3.63) is 35.9 Å². The Kier molecular flexibility index (Phi) is 4.48. The molecular formula is C17H26N2O. The number of carbonyl (C=O) groups excluding carboxylic acids is 1. The lowest BCUT2D eigenvalue weighted by atomic mass is 9.83. The average Bonchev–Trinajstić information content (AvgIpc) is 2.96. The number of nitrogens with zero attached hydrogens (tertiary/aromatic N) is 2. The van der Waals surface area contributed by atoms with Gasteiger partial charge in [0.05, 0.1) is 5.41 Å². The molecule has 1 amide bonds. The molecule has 1 aliphatic rings. The van der Waals surface area contributed by atoms with Crippen LogP contribution in [0.2, 0.25) is 0 Å². The number of hydrogen-bond donors (Lipinski definition) is 0. The molecule has 3 nitrogen and oxygen atoms in total. The molecule has 0 N–H and O–H groups in total. The van der Waals surface area contributed by atoms with Crippen molar-refractivity contribution < 1.29 is 4.79 Å². The molecule has 1 saturated heterocycles. The Balaban J connectivity index is 2.09. The fourth-order valence-corrected chi connectivity index (χ4v) is 2.92. The summed E-state index contributed by atoms with van der Waals surface area (Å²) in [5, 5.41) is 0. The number of hydrogen-bond acceptors (Lipinski definition) is 2. The zero-order valence-corrected chi connectivity index (χ0v) is 13.1. The summed E-state index contributed by atoms with van der Waals surface area (Å²) < 4.78 is 0. The molecule has 20 heavy (non-hydrogen) atoms. The standard InChI is InChI=1S/C17H26N2O/c1-5-18(4)15-11-12-19(13-15)16(20)17(2,3)14-9-7-6-8-10-14/h6-10,15H,5,11-13H2,1-4H3/t15-/m1/s1. The molecule has 1 heterocycles.